The van der Waals surface area contributed by atoms with Crippen LogP contribution in [-0.2, 0) is 9.59 Å². The zero-order valence-electron chi connectivity index (χ0n) is 15.7. The van der Waals surface area contributed by atoms with Gasteiger partial charge in [-0.1, -0.05) is 12.1 Å². The van der Waals surface area contributed by atoms with E-state index in [-0.39, 0.29) is 23.7 Å². The molecule has 2 aromatic carbocycles. The minimum absolute atomic E-state index is 0.0589. The van der Waals surface area contributed by atoms with Crippen LogP contribution in [0.2, 0.25) is 0 Å². The summed E-state index contributed by atoms with van der Waals surface area (Å²) in [4.78, 5) is 39.5. The van der Waals surface area contributed by atoms with E-state index < -0.39 is 22.8 Å². The Morgan fingerprint density at radius 1 is 1.27 bits per heavy atom. The van der Waals surface area contributed by atoms with Crippen molar-refractivity contribution in [3.63, 3.8) is 0 Å². The van der Waals surface area contributed by atoms with Gasteiger partial charge >= 0.3 is 0 Å². The third kappa shape index (κ3) is 3.55. The number of nitrogens with one attached hydrogen (secondary N) is 2. The standard InChI is InChI=1S/C19H16N6O5/c1-30-12-8-6-11(7-9-12)17-21-19-22-18(27)15(24(19)23-17)10-16(26)20-13-4-2-3-5-14(13)25(28)29/h2-9,15H,10H2,1H3,(H,20,26)(H,21,22,23,27)/t15-/m0/s1. The average molecular weight is 408 g/mol. The molecule has 2 N–H and O–H groups in total. The summed E-state index contributed by atoms with van der Waals surface area (Å²) in [5, 5.41) is 20.5. The highest BCUT2D eigenvalue weighted by atomic mass is 16.6. The van der Waals surface area contributed by atoms with Crippen molar-refractivity contribution in [2.24, 2.45) is 0 Å². The van der Waals surface area contributed by atoms with Crippen LogP contribution >= 0.6 is 0 Å². The van der Waals surface area contributed by atoms with E-state index in [0.29, 0.717) is 11.6 Å². The number of amides is 2. The zero-order chi connectivity index (χ0) is 21.3. The summed E-state index contributed by atoms with van der Waals surface area (Å²) in [5.41, 5.74) is 0.545. The molecule has 30 heavy (non-hydrogen) atoms. The van der Waals surface area contributed by atoms with E-state index in [1.54, 1.807) is 37.4 Å². The second kappa shape index (κ2) is 7.62. The van der Waals surface area contributed by atoms with Gasteiger partial charge in [-0.2, -0.15) is 4.98 Å². The van der Waals surface area contributed by atoms with E-state index in [0.717, 1.165) is 5.56 Å². The summed E-state index contributed by atoms with van der Waals surface area (Å²) in [6, 6.07) is 12.0. The van der Waals surface area contributed by atoms with E-state index >= 15 is 0 Å². The van der Waals surface area contributed by atoms with Crippen molar-refractivity contribution in [3.05, 3.63) is 58.6 Å². The summed E-state index contributed by atoms with van der Waals surface area (Å²) in [6.45, 7) is 0. The van der Waals surface area contributed by atoms with Crippen molar-refractivity contribution in [2.75, 3.05) is 17.7 Å². The zero-order valence-corrected chi connectivity index (χ0v) is 15.7. The van der Waals surface area contributed by atoms with Crippen molar-refractivity contribution in [1.29, 1.82) is 0 Å². The normalized spacial score (nSPS) is 14.7. The largest absolute Gasteiger partial charge is 0.497 e. The fourth-order valence-corrected chi connectivity index (χ4v) is 3.09. The Morgan fingerprint density at radius 2 is 2.00 bits per heavy atom. The Labute approximate surface area is 169 Å². The monoisotopic (exact) mass is 408 g/mol. The van der Waals surface area contributed by atoms with Gasteiger partial charge in [-0.05, 0) is 30.3 Å². The van der Waals surface area contributed by atoms with Crippen molar-refractivity contribution in [3.8, 4) is 17.1 Å². The first-order chi connectivity index (χ1) is 14.5. The number of anilines is 2. The van der Waals surface area contributed by atoms with Gasteiger partial charge in [-0.15, -0.1) is 5.10 Å². The SMILES string of the molecule is COc1ccc(-c2nc3n(n2)[C@@H](CC(=O)Nc2ccccc2[N+](=O)[O-])C(=O)N3)cc1. The number of benzene rings is 2. The van der Waals surface area contributed by atoms with Gasteiger partial charge in [0.25, 0.3) is 11.6 Å². The van der Waals surface area contributed by atoms with Gasteiger partial charge in [-0.25, -0.2) is 4.68 Å². The number of carbonyl (C=O) groups is 2. The van der Waals surface area contributed by atoms with Crippen LogP contribution in [0.5, 0.6) is 5.75 Å². The highest BCUT2D eigenvalue weighted by Gasteiger charge is 2.35. The fourth-order valence-electron chi connectivity index (χ4n) is 3.09. The Morgan fingerprint density at radius 3 is 2.70 bits per heavy atom. The maximum atomic E-state index is 12.5. The summed E-state index contributed by atoms with van der Waals surface area (Å²) in [6.07, 6.45) is -0.254. The van der Waals surface area contributed by atoms with Gasteiger partial charge in [0, 0.05) is 11.6 Å². The molecule has 152 valence electrons. The highest BCUT2D eigenvalue weighted by molar-refractivity contribution is 6.01. The van der Waals surface area contributed by atoms with Crippen LogP contribution in [0, 0.1) is 10.1 Å². The summed E-state index contributed by atoms with van der Waals surface area (Å²) >= 11 is 0. The van der Waals surface area contributed by atoms with E-state index in [4.69, 9.17) is 4.74 Å². The topological polar surface area (TPSA) is 141 Å². The molecule has 1 atom stereocenters. The lowest BCUT2D eigenvalue weighted by Gasteiger charge is -2.10. The van der Waals surface area contributed by atoms with Crippen LogP contribution in [0.15, 0.2) is 48.5 Å². The molecule has 11 heteroatoms. The molecule has 4 rings (SSSR count). The van der Waals surface area contributed by atoms with Crippen molar-refractivity contribution in [2.45, 2.75) is 12.5 Å². The average Bonchev–Trinajstić information content (AvgIpc) is 3.27. The predicted molar refractivity (Wildman–Crippen MR) is 106 cm³/mol. The molecule has 0 radical (unpaired) electrons. The second-order valence-corrected chi connectivity index (χ2v) is 6.46. The van der Waals surface area contributed by atoms with Gasteiger partial charge in [-0.3, -0.25) is 25.0 Å². The minimum Gasteiger partial charge on any atom is -0.497 e. The molecular weight excluding hydrogens is 392 g/mol. The lowest BCUT2D eigenvalue weighted by atomic mass is 10.2. The minimum atomic E-state index is -0.915. The van der Waals surface area contributed by atoms with E-state index in [1.807, 2.05) is 0 Å². The number of hydrogen-bond donors (Lipinski definition) is 2. The van der Waals surface area contributed by atoms with Crippen LogP contribution in [-0.4, -0.2) is 38.6 Å². The summed E-state index contributed by atoms with van der Waals surface area (Å²) in [5.74, 6) is 0.317. The van der Waals surface area contributed by atoms with Gasteiger partial charge in [0.15, 0.2) is 5.82 Å². The summed E-state index contributed by atoms with van der Waals surface area (Å²) in [7, 11) is 1.56. The molecule has 2 amide bonds. The molecule has 1 aliphatic heterocycles. The smallest absolute Gasteiger partial charge is 0.292 e. The Balaban J connectivity index is 1.52. The number of carbonyl (C=O) groups excluding carboxylic acids is 2. The first-order valence-corrected chi connectivity index (χ1v) is 8.91. The van der Waals surface area contributed by atoms with Crippen LogP contribution < -0.4 is 15.4 Å². The van der Waals surface area contributed by atoms with Crippen molar-refractivity contribution in [1.82, 2.24) is 14.8 Å². The van der Waals surface area contributed by atoms with Crippen LogP contribution in [0.3, 0.4) is 0 Å². The first kappa shape index (κ1) is 19.1. The lowest BCUT2D eigenvalue weighted by molar-refractivity contribution is -0.383. The van der Waals surface area contributed by atoms with Crippen LogP contribution in [0.1, 0.15) is 12.5 Å². The maximum Gasteiger partial charge on any atom is 0.292 e. The number of para-hydroxylation sites is 2. The Hall–Kier alpha value is -4.28. The molecule has 2 heterocycles. The lowest BCUT2D eigenvalue weighted by Crippen LogP contribution is -2.24. The van der Waals surface area contributed by atoms with Gasteiger partial charge in [0.2, 0.25) is 11.9 Å². The van der Waals surface area contributed by atoms with E-state index in [1.165, 1.54) is 22.9 Å². The maximum absolute atomic E-state index is 12.5. The van der Waals surface area contributed by atoms with E-state index in [9.17, 15) is 19.7 Å². The molecule has 0 unspecified atom stereocenters. The molecule has 0 spiro atoms. The molecule has 0 fully saturated rings. The number of nitro benzene ring substituents is 1. The number of hydrogen-bond acceptors (Lipinski definition) is 7. The molecule has 0 saturated carbocycles. The number of fused-ring (bicyclic) bond motifs is 1. The van der Waals surface area contributed by atoms with Gasteiger partial charge in [0.1, 0.15) is 17.5 Å². The Bertz CT molecular complexity index is 1140. The predicted octanol–water partition coefficient (Wildman–Crippen LogP) is 2.38. The molecule has 0 saturated heterocycles. The first-order valence-electron chi connectivity index (χ1n) is 8.91. The molecule has 1 aliphatic rings. The molecule has 3 aromatic rings. The number of methoxy groups -OCH3 is 1. The number of aromatic nitrogens is 3. The van der Waals surface area contributed by atoms with Gasteiger partial charge < -0.3 is 10.1 Å². The summed E-state index contributed by atoms with van der Waals surface area (Å²) < 4.78 is 6.47. The molecule has 0 aliphatic carbocycles. The molecule has 0 bridgehead atoms. The molecular formula is C19H16N6O5. The van der Waals surface area contributed by atoms with Crippen molar-refractivity contribution < 1.29 is 19.2 Å². The molecule has 1 aromatic heterocycles. The number of rotatable bonds is 6. The quantitative estimate of drug-likeness (QED) is 0.471. The van der Waals surface area contributed by atoms with Gasteiger partial charge in [0.05, 0.1) is 18.5 Å². The number of ether oxygens (including phenoxy) is 1. The van der Waals surface area contributed by atoms with E-state index in [2.05, 4.69) is 20.7 Å². The third-order valence-corrected chi connectivity index (χ3v) is 4.57. The molecule has 11 nitrogen and oxygen atoms in total. The van der Waals surface area contributed by atoms with Crippen LogP contribution in [0.25, 0.3) is 11.4 Å². The Kier molecular flexibility index (Phi) is 4.84. The van der Waals surface area contributed by atoms with Crippen molar-refractivity contribution >= 4 is 29.1 Å². The second-order valence-electron chi connectivity index (χ2n) is 6.46. The number of nitro groups is 1. The third-order valence-electron chi connectivity index (χ3n) is 4.57. The van der Waals surface area contributed by atoms with Crippen LogP contribution in [0.4, 0.5) is 17.3 Å². The number of nitrogens with zero attached hydrogens (tertiary/aromatic N) is 4. The fraction of sp³-hybridized carbons (Fsp3) is 0.158. The highest BCUT2D eigenvalue weighted by Crippen LogP contribution is 2.30.